The second kappa shape index (κ2) is 8.42. The highest BCUT2D eigenvalue weighted by Crippen LogP contribution is 2.28. The van der Waals surface area contributed by atoms with E-state index in [1.807, 2.05) is 0 Å². The predicted molar refractivity (Wildman–Crippen MR) is 117 cm³/mol. The van der Waals surface area contributed by atoms with Gasteiger partial charge in [-0.3, -0.25) is 0 Å². The lowest BCUT2D eigenvalue weighted by atomic mass is 10.2. The van der Waals surface area contributed by atoms with E-state index in [2.05, 4.69) is 16.8 Å². The molecule has 4 rings (SSSR count). The summed E-state index contributed by atoms with van der Waals surface area (Å²) in [5, 5.41) is 11.9. The maximum absolute atomic E-state index is 13.9. The maximum Gasteiger partial charge on any atom is 0.352 e. The quantitative estimate of drug-likeness (QED) is 0.251. The Morgan fingerprint density at radius 3 is 2.41 bits per heavy atom. The van der Waals surface area contributed by atoms with Gasteiger partial charge in [0.15, 0.2) is 15.5 Å². The van der Waals surface area contributed by atoms with Crippen molar-refractivity contribution in [3.05, 3.63) is 105 Å². The lowest BCUT2D eigenvalue weighted by Gasteiger charge is -2.02. The number of nitrogens with zero attached hydrogens (tertiary/aromatic N) is 3. The number of hydrogen-bond acceptors (Lipinski definition) is 5. The fraction of sp³-hybridized carbons (Fsp3) is 0.0455. The Morgan fingerprint density at radius 2 is 1.72 bits per heavy atom. The standard InChI is InChI=1S/C22H13ClFN3O4S/c23-17-12-16(11-10-15-6-4-5-9-19(15)24)21-25-20(22(27(28)29)26(21)13-17)14-32(30,31)18-7-2-1-3-8-18/h1-9,12-13H,14H2. The van der Waals surface area contributed by atoms with Gasteiger partial charge in [-0.15, -0.1) is 0 Å². The monoisotopic (exact) mass is 469 g/mol. The first kappa shape index (κ1) is 21.5. The third-order valence-electron chi connectivity index (χ3n) is 4.54. The van der Waals surface area contributed by atoms with E-state index in [1.165, 1.54) is 42.6 Å². The molecule has 7 nitrogen and oxygen atoms in total. The third-order valence-corrected chi connectivity index (χ3v) is 6.39. The molecule has 0 aliphatic carbocycles. The number of imidazole rings is 1. The first-order valence-electron chi connectivity index (χ1n) is 9.15. The number of fused-ring (bicyclic) bond motifs is 1. The Balaban J connectivity index is 1.88. The summed E-state index contributed by atoms with van der Waals surface area (Å²) in [6, 6.07) is 14.9. The molecule has 160 valence electrons. The van der Waals surface area contributed by atoms with Crippen LogP contribution in [0.2, 0.25) is 5.02 Å². The molecule has 0 aliphatic rings. The molecule has 0 saturated carbocycles. The van der Waals surface area contributed by atoms with Crippen LogP contribution < -0.4 is 0 Å². The number of halogens is 2. The average Bonchev–Trinajstić information content (AvgIpc) is 3.10. The minimum absolute atomic E-state index is 0.0176. The molecule has 0 aliphatic heterocycles. The molecular formula is C22H13ClFN3O4S. The summed E-state index contributed by atoms with van der Waals surface area (Å²) >= 11 is 6.12. The Hall–Kier alpha value is -3.74. The predicted octanol–water partition coefficient (Wildman–Crippen LogP) is 4.41. The van der Waals surface area contributed by atoms with Crippen LogP contribution in [0.25, 0.3) is 5.65 Å². The van der Waals surface area contributed by atoms with Gasteiger partial charge in [-0.2, -0.15) is 4.40 Å². The Bertz CT molecular complexity index is 1520. The summed E-state index contributed by atoms with van der Waals surface area (Å²) < 4.78 is 40.6. The van der Waals surface area contributed by atoms with Crippen LogP contribution in [0.5, 0.6) is 0 Å². The van der Waals surface area contributed by atoms with Crippen molar-refractivity contribution in [1.82, 2.24) is 9.38 Å². The second-order valence-corrected chi connectivity index (χ2v) is 9.13. The number of pyridine rings is 1. The fourth-order valence-electron chi connectivity index (χ4n) is 3.12. The maximum atomic E-state index is 13.9. The van der Waals surface area contributed by atoms with Crippen LogP contribution >= 0.6 is 11.6 Å². The van der Waals surface area contributed by atoms with Crippen LogP contribution in [-0.2, 0) is 15.6 Å². The smallest absolute Gasteiger partial charge is 0.352 e. The lowest BCUT2D eigenvalue weighted by Crippen LogP contribution is -2.07. The highest BCUT2D eigenvalue weighted by Gasteiger charge is 2.29. The topological polar surface area (TPSA) is 94.6 Å². The van der Waals surface area contributed by atoms with Gasteiger partial charge in [0.2, 0.25) is 5.65 Å². The van der Waals surface area contributed by atoms with Crippen molar-refractivity contribution in [1.29, 1.82) is 0 Å². The van der Waals surface area contributed by atoms with Gasteiger partial charge in [0.05, 0.1) is 21.0 Å². The van der Waals surface area contributed by atoms with E-state index < -0.39 is 32.1 Å². The van der Waals surface area contributed by atoms with Gasteiger partial charge < -0.3 is 10.1 Å². The van der Waals surface area contributed by atoms with Crippen molar-refractivity contribution < 1.29 is 17.7 Å². The van der Waals surface area contributed by atoms with Gasteiger partial charge in [0.25, 0.3) is 0 Å². The molecule has 0 atom stereocenters. The van der Waals surface area contributed by atoms with E-state index in [1.54, 1.807) is 24.3 Å². The number of aromatic nitrogens is 2. The van der Waals surface area contributed by atoms with Crippen molar-refractivity contribution in [3.63, 3.8) is 0 Å². The van der Waals surface area contributed by atoms with E-state index in [4.69, 9.17) is 11.6 Å². The molecule has 0 fully saturated rings. The summed E-state index contributed by atoms with van der Waals surface area (Å²) in [5.74, 6) is 3.64. The number of sulfone groups is 1. The number of nitro groups is 1. The minimum Gasteiger partial charge on any atom is -0.358 e. The Labute approximate surface area is 187 Å². The van der Waals surface area contributed by atoms with E-state index in [0.29, 0.717) is 0 Å². The molecular weight excluding hydrogens is 457 g/mol. The van der Waals surface area contributed by atoms with Crippen molar-refractivity contribution >= 4 is 32.9 Å². The second-order valence-electron chi connectivity index (χ2n) is 6.71. The molecule has 0 spiro atoms. The molecule has 0 radical (unpaired) electrons. The van der Waals surface area contributed by atoms with Crippen LogP contribution in [0.1, 0.15) is 16.8 Å². The molecule has 0 amide bonds. The van der Waals surface area contributed by atoms with Crippen molar-refractivity contribution in [3.8, 4) is 11.8 Å². The van der Waals surface area contributed by atoms with Gasteiger partial charge in [0.1, 0.15) is 17.8 Å². The molecule has 2 aromatic carbocycles. The normalized spacial score (nSPS) is 11.2. The van der Waals surface area contributed by atoms with Crippen LogP contribution in [0.15, 0.2) is 71.8 Å². The highest BCUT2D eigenvalue weighted by molar-refractivity contribution is 7.90. The van der Waals surface area contributed by atoms with E-state index in [9.17, 15) is 22.9 Å². The number of benzene rings is 2. The average molecular weight is 470 g/mol. The summed E-state index contributed by atoms with van der Waals surface area (Å²) in [6.45, 7) is 0. The van der Waals surface area contributed by atoms with Gasteiger partial charge in [-0.1, -0.05) is 53.8 Å². The van der Waals surface area contributed by atoms with Crippen LogP contribution in [-0.4, -0.2) is 22.7 Å². The zero-order chi connectivity index (χ0) is 22.9. The summed E-state index contributed by atoms with van der Waals surface area (Å²) in [6.07, 6.45) is 1.26. The zero-order valence-electron chi connectivity index (χ0n) is 16.2. The van der Waals surface area contributed by atoms with Gasteiger partial charge in [-0.05, 0) is 35.3 Å². The lowest BCUT2D eigenvalue weighted by molar-refractivity contribution is -0.391. The minimum atomic E-state index is -3.90. The molecule has 2 heterocycles. The Morgan fingerprint density at radius 1 is 1.06 bits per heavy atom. The van der Waals surface area contributed by atoms with Crippen molar-refractivity contribution in [2.75, 3.05) is 0 Å². The third kappa shape index (κ3) is 4.19. The van der Waals surface area contributed by atoms with E-state index >= 15 is 0 Å². The molecule has 0 saturated heterocycles. The van der Waals surface area contributed by atoms with Crippen LogP contribution in [0.3, 0.4) is 0 Å². The summed E-state index contributed by atoms with van der Waals surface area (Å²) in [4.78, 5) is 15.3. The van der Waals surface area contributed by atoms with Crippen molar-refractivity contribution in [2.45, 2.75) is 10.6 Å². The summed E-state index contributed by atoms with van der Waals surface area (Å²) in [5.41, 5.74) is 0.101. The van der Waals surface area contributed by atoms with Crippen LogP contribution in [0, 0.1) is 27.8 Å². The molecule has 10 heteroatoms. The van der Waals surface area contributed by atoms with E-state index in [-0.39, 0.29) is 32.4 Å². The number of rotatable bonds is 4. The molecule has 0 unspecified atom stereocenters. The van der Waals surface area contributed by atoms with Gasteiger partial charge in [-0.25, -0.2) is 17.8 Å². The first-order valence-corrected chi connectivity index (χ1v) is 11.2. The molecule has 32 heavy (non-hydrogen) atoms. The van der Waals surface area contributed by atoms with Gasteiger partial charge in [0, 0.05) is 0 Å². The summed E-state index contributed by atoms with van der Waals surface area (Å²) in [7, 11) is -3.90. The van der Waals surface area contributed by atoms with Crippen LogP contribution in [0.4, 0.5) is 10.2 Å². The zero-order valence-corrected chi connectivity index (χ0v) is 17.8. The number of hydrogen-bond donors (Lipinski definition) is 0. The van der Waals surface area contributed by atoms with Crippen molar-refractivity contribution in [2.24, 2.45) is 0 Å². The molecule has 2 aromatic heterocycles. The molecule has 4 aromatic rings. The Kier molecular flexibility index (Phi) is 5.65. The molecule has 0 bridgehead atoms. The SMILES string of the molecule is O=[N+]([O-])c1c(CS(=O)(=O)c2ccccc2)nc2c(C#Cc3ccccc3F)cc(Cl)cn12. The largest absolute Gasteiger partial charge is 0.358 e. The first-order chi connectivity index (χ1) is 15.3. The van der Waals surface area contributed by atoms with E-state index in [0.717, 1.165) is 4.40 Å². The molecule has 0 N–H and O–H groups in total. The highest BCUT2D eigenvalue weighted by atomic mass is 35.5. The van der Waals surface area contributed by atoms with Gasteiger partial charge >= 0.3 is 5.82 Å². The fourth-order valence-corrected chi connectivity index (χ4v) is 4.62.